The lowest BCUT2D eigenvalue weighted by atomic mass is 9.95. The van der Waals surface area contributed by atoms with Crippen molar-refractivity contribution in [1.29, 1.82) is 0 Å². The third kappa shape index (κ3) is 3.59. The van der Waals surface area contributed by atoms with E-state index in [1.165, 1.54) is 42.3 Å². The van der Waals surface area contributed by atoms with E-state index in [0.717, 1.165) is 0 Å². The minimum absolute atomic E-state index is 0.0808. The number of ketones is 1. The van der Waals surface area contributed by atoms with Gasteiger partial charge in [0.15, 0.2) is 0 Å². The summed E-state index contributed by atoms with van der Waals surface area (Å²) in [5.74, 6) is -2.63. The van der Waals surface area contributed by atoms with Crippen LogP contribution in [0.15, 0.2) is 54.1 Å². The molecule has 5 nitrogen and oxygen atoms in total. The Kier molecular flexibility index (Phi) is 5.58. The molecule has 2 aromatic carbocycles. The summed E-state index contributed by atoms with van der Waals surface area (Å²) in [6, 6.07) is 11.0. The average Bonchev–Trinajstić information content (AvgIpc) is 2.91. The van der Waals surface area contributed by atoms with Gasteiger partial charge < -0.3 is 14.7 Å². The molecule has 1 aliphatic heterocycles. The topological polar surface area (TPSA) is 66.8 Å². The molecule has 0 unspecified atom stereocenters. The number of carbonyl (C=O) groups excluding carboxylic acids is 2. The lowest BCUT2D eigenvalue weighted by molar-refractivity contribution is -0.140. The van der Waals surface area contributed by atoms with Crippen molar-refractivity contribution in [2.75, 3.05) is 20.3 Å². The number of hydrogen-bond donors (Lipinski definition) is 1. The summed E-state index contributed by atoms with van der Waals surface area (Å²) in [4.78, 5) is 26.4. The summed E-state index contributed by atoms with van der Waals surface area (Å²) < 4.78 is 19.5. The molecule has 3 rings (SSSR count). The van der Waals surface area contributed by atoms with Gasteiger partial charge in [-0.25, -0.2) is 4.39 Å². The molecule has 1 atom stereocenters. The summed E-state index contributed by atoms with van der Waals surface area (Å²) in [6.07, 6.45) is 0. The number of rotatable bonds is 5. The summed E-state index contributed by atoms with van der Waals surface area (Å²) in [7, 11) is 1.46. The fraction of sp³-hybridized carbons (Fsp3) is 0.200. The molecule has 1 aliphatic rings. The third-order valence-electron chi connectivity index (χ3n) is 4.39. The number of likely N-dealkylation sites (tertiary alicyclic amines) is 1. The Hall–Kier alpha value is -2.70. The number of aliphatic hydroxyl groups is 1. The van der Waals surface area contributed by atoms with E-state index >= 15 is 0 Å². The summed E-state index contributed by atoms with van der Waals surface area (Å²) in [6.45, 7) is 0.246. The van der Waals surface area contributed by atoms with Crippen molar-refractivity contribution in [3.8, 4) is 0 Å². The Balaban J connectivity index is 2.18. The highest BCUT2D eigenvalue weighted by molar-refractivity contribution is 6.46. The van der Waals surface area contributed by atoms with E-state index in [4.69, 9.17) is 16.3 Å². The van der Waals surface area contributed by atoms with Gasteiger partial charge in [0.2, 0.25) is 0 Å². The Labute approximate surface area is 160 Å². The number of aliphatic hydroxyl groups excluding tert-OH is 1. The van der Waals surface area contributed by atoms with Gasteiger partial charge in [-0.15, -0.1) is 0 Å². The van der Waals surface area contributed by atoms with Crippen LogP contribution in [0.5, 0.6) is 0 Å². The first-order valence-corrected chi connectivity index (χ1v) is 8.61. The number of halogens is 2. The van der Waals surface area contributed by atoms with Crippen LogP contribution in [0.2, 0.25) is 5.02 Å². The molecule has 1 fully saturated rings. The van der Waals surface area contributed by atoms with Crippen LogP contribution in [0.25, 0.3) is 5.76 Å². The molecule has 1 amide bonds. The van der Waals surface area contributed by atoms with Crippen LogP contribution >= 0.6 is 11.6 Å². The van der Waals surface area contributed by atoms with Crippen molar-refractivity contribution in [3.63, 3.8) is 0 Å². The highest BCUT2D eigenvalue weighted by atomic mass is 35.5. The van der Waals surface area contributed by atoms with Crippen LogP contribution < -0.4 is 0 Å². The fourth-order valence-corrected chi connectivity index (χ4v) is 3.21. The van der Waals surface area contributed by atoms with E-state index in [0.29, 0.717) is 10.6 Å². The zero-order chi connectivity index (χ0) is 19.6. The Morgan fingerprint density at radius 1 is 1.19 bits per heavy atom. The second kappa shape index (κ2) is 7.90. The van der Waals surface area contributed by atoms with Gasteiger partial charge in [0.25, 0.3) is 11.7 Å². The molecule has 1 heterocycles. The monoisotopic (exact) mass is 389 g/mol. The largest absolute Gasteiger partial charge is 0.507 e. The molecule has 7 heteroatoms. The lowest BCUT2D eigenvalue weighted by Crippen LogP contribution is -2.33. The molecular weight excluding hydrogens is 373 g/mol. The van der Waals surface area contributed by atoms with Gasteiger partial charge in [0.05, 0.1) is 18.2 Å². The maximum absolute atomic E-state index is 14.5. The molecule has 2 aromatic rings. The minimum atomic E-state index is -1.04. The summed E-state index contributed by atoms with van der Waals surface area (Å²) in [5.41, 5.74) is 0.275. The van der Waals surface area contributed by atoms with Crippen LogP contribution in [0.4, 0.5) is 4.39 Å². The maximum Gasteiger partial charge on any atom is 0.295 e. The minimum Gasteiger partial charge on any atom is -0.507 e. The molecule has 140 valence electrons. The SMILES string of the molecule is COCCN1C(=O)C(=O)/C(=C(/O)c2ccc(Cl)cc2)[C@@H]1c1ccccc1F. The zero-order valence-electron chi connectivity index (χ0n) is 14.5. The first-order valence-electron chi connectivity index (χ1n) is 8.23. The van der Waals surface area contributed by atoms with Crippen molar-refractivity contribution in [3.05, 3.63) is 76.1 Å². The maximum atomic E-state index is 14.5. The molecule has 0 saturated carbocycles. The summed E-state index contributed by atoms with van der Waals surface area (Å²) in [5, 5.41) is 11.2. The molecule has 0 aliphatic carbocycles. The molecule has 1 N–H and O–H groups in total. The number of nitrogens with zero attached hydrogens (tertiary/aromatic N) is 1. The molecule has 0 spiro atoms. The average molecular weight is 390 g/mol. The quantitative estimate of drug-likeness (QED) is 0.482. The van der Waals surface area contributed by atoms with E-state index < -0.39 is 23.5 Å². The zero-order valence-corrected chi connectivity index (χ0v) is 15.2. The third-order valence-corrected chi connectivity index (χ3v) is 4.65. The van der Waals surface area contributed by atoms with Crippen LogP contribution in [0.3, 0.4) is 0 Å². The van der Waals surface area contributed by atoms with Gasteiger partial charge in [-0.3, -0.25) is 9.59 Å². The van der Waals surface area contributed by atoms with Crippen LogP contribution in [-0.2, 0) is 14.3 Å². The number of methoxy groups -OCH3 is 1. The van der Waals surface area contributed by atoms with Crippen molar-refractivity contribution < 1.29 is 23.8 Å². The first kappa shape index (κ1) is 19.1. The second-order valence-corrected chi connectivity index (χ2v) is 6.45. The highest BCUT2D eigenvalue weighted by Gasteiger charge is 2.46. The lowest BCUT2D eigenvalue weighted by Gasteiger charge is -2.25. The van der Waals surface area contributed by atoms with Gasteiger partial charge in [0.1, 0.15) is 11.6 Å². The number of amides is 1. The molecule has 0 radical (unpaired) electrons. The first-order chi connectivity index (χ1) is 13.0. The van der Waals surface area contributed by atoms with Crippen LogP contribution in [-0.4, -0.2) is 42.0 Å². The molecule has 27 heavy (non-hydrogen) atoms. The normalized spacial score (nSPS) is 18.9. The van der Waals surface area contributed by atoms with Gasteiger partial charge >= 0.3 is 0 Å². The van der Waals surface area contributed by atoms with Gasteiger partial charge in [-0.1, -0.05) is 29.8 Å². The van der Waals surface area contributed by atoms with Gasteiger partial charge in [-0.2, -0.15) is 0 Å². The fourth-order valence-electron chi connectivity index (χ4n) is 3.08. The molecular formula is C20H17ClFNO4. The Morgan fingerprint density at radius 3 is 2.48 bits per heavy atom. The summed E-state index contributed by atoms with van der Waals surface area (Å²) >= 11 is 5.86. The molecule has 0 aromatic heterocycles. The van der Waals surface area contributed by atoms with Crippen molar-refractivity contribution in [2.45, 2.75) is 6.04 Å². The standard InChI is InChI=1S/C20H17ClFNO4/c1-27-11-10-23-17(14-4-2-3-5-15(14)22)16(19(25)20(23)26)18(24)12-6-8-13(21)9-7-12/h2-9,17,24H,10-11H2,1H3/b18-16+/t17-/m0/s1. The van der Waals surface area contributed by atoms with Crippen LogP contribution in [0, 0.1) is 5.82 Å². The predicted octanol–water partition coefficient (Wildman–Crippen LogP) is 3.55. The Bertz CT molecular complexity index is 910. The number of hydrogen-bond acceptors (Lipinski definition) is 4. The number of Topliss-reactive ketones (excluding diaryl/α,β-unsaturated/α-hetero) is 1. The van der Waals surface area contributed by atoms with Crippen molar-refractivity contribution in [1.82, 2.24) is 4.90 Å². The molecule has 1 saturated heterocycles. The van der Waals surface area contributed by atoms with E-state index in [9.17, 15) is 19.1 Å². The Morgan fingerprint density at radius 2 is 1.85 bits per heavy atom. The highest BCUT2D eigenvalue weighted by Crippen LogP contribution is 2.40. The van der Waals surface area contributed by atoms with Crippen molar-refractivity contribution in [2.24, 2.45) is 0 Å². The van der Waals surface area contributed by atoms with Crippen molar-refractivity contribution >= 4 is 29.1 Å². The smallest absolute Gasteiger partial charge is 0.295 e. The number of benzene rings is 2. The van der Waals surface area contributed by atoms with E-state index in [2.05, 4.69) is 0 Å². The number of ether oxygens (including phenoxy) is 1. The number of carbonyl (C=O) groups is 2. The van der Waals surface area contributed by atoms with E-state index in [1.807, 2.05) is 0 Å². The van der Waals surface area contributed by atoms with Gasteiger partial charge in [-0.05, 0) is 30.3 Å². The van der Waals surface area contributed by atoms with Gasteiger partial charge in [0, 0.05) is 29.8 Å². The predicted molar refractivity (Wildman–Crippen MR) is 98.7 cm³/mol. The van der Waals surface area contributed by atoms with Crippen LogP contribution in [0.1, 0.15) is 17.2 Å². The molecule has 0 bridgehead atoms. The second-order valence-electron chi connectivity index (χ2n) is 6.01. The van der Waals surface area contributed by atoms with E-state index in [1.54, 1.807) is 18.2 Å². The van der Waals surface area contributed by atoms with E-state index in [-0.39, 0.29) is 30.0 Å².